The van der Waals surface area contributed by atoms with E-state index in [1.54, 1.807) is 0 Å². The van der Waals surface area contributed by atoms with Crippen molar-refractivity contribution >= 4 is 0 Å². The van der Waals surface area contributed by atoms with E-state index in [2.05, 4.69) is 43.0 Å². The SMILES string of the molecule is CCCCCCCCCCCCCCCCN1C=CN(CCCCCCC)C1CCCCCC. The zero-order valence-electron chi connectivity index (χ0n) is 24.0. The van der Waals surface area contributed by atoms with Crippen LogP contribution >= 0.6 is 0 Å². The van der Waals surface area contributed by atoms with E-state index in [1.165, 1.54) is 167 Å². The average molecular weight is 477 g/mol. The molecule has 1 aliphatic heterocycles. The van der Waals surface area contributed by atoms with Crippen LogP contribution in [0.15, 0.2) is 12.4 Å². The predicted octanol–water partition coefficient (Wildman–Crippen LogP) is 10.8. The van der Waals surface area contributed by atoms with Crippen LogP contribution in [0.3, 0.4) is 0 Å². The Morgan fingerprint density at radius 3 is 1.03 bits per heavy atom. The summed E-state index contributed by atoms with van der Waals surface area (Å²) in [7, 11) is 0. The standard InChI is InChI=1S/C32H64N2/c1-4-7-10-13-14-15-16-17-18-19-20-21-23-26-29-34-31-30-33(28-25-22-11-8-5-2)32(34)27-24-12-9-6-3/h30-32H,4-29H2,1-3H3. The highest BCUT2D eigenvalue weighted by Crippen LogP contribution is 2.23. The van der Waals surface area contributed by atoms with Crippen LogP contribution in [-0.2, 0) is 0 Å². The van der Waals surface area contributed by atoms with E-state index >= 15 is 0 Å². The molecule has 34 heavy (non-hydrogen) atoms. The molecule has 0 radical (unpaired) electrons. The third-order valence-corrected chi connectivity index (χ3v) is 7.82. The van der Waals surface area contributed by atoms with Crippen molar-refractivity contribution < 1.29 is 0 Å². The highest BCUT2D eigenvalue weighted by Gasteiger charge is 2.24. The summed E-state index contributed by atoms with van der Waals surface area (Å²) in [6, 6.07) is 0. The van der Waals surface area contributed by atoms with E-state index in [9.17, 15) is 0 Å². The Bertz CT molecular complexity index is 433. The normalized spacial score (nSPS) is 15.7. The molecule has 0 aromatic rings. The molecule has 0 aromatic heterocycles. The van der Waals surface area contributed by atoms with Crippen molar-refractivity contribution in [2.75, 3.05) is 13.1 Å². The summed E-state index contributed by atoms with van der Waals surface area (Å²) in [4.78, 5) is 5.35. The van der Waals surface area contributed by atoms with Gasteiger partial charge in [0.05, 0.1) is 0 Å². The molecule has 1 rings (SSSR count). The van der Waals surface area contributed by atoms with Gasteiger partial charge >= 0.3 is 0 Å². The van der Waals surface area contributed by atoms with Crippen LogP contribution in [0.2, 0.25) is 0 Å². The Hall–Kier alpha value is -0.660. The smallest absolute Gasteiger partial charge is 0.101 e. The fourth-order valence-electron chi connectivity index (χ4n) is 5.48. The molecule has 0 aromatic carbocycles. The lowest BCUT2D eigenvalue weighted by Gasteiger charge is -2.33. The van der Waals surface area contributed by atoms with Crippen LogP contribution in [-0.4, -0.2) is 29.1 Å². The van der Waals surface area contributed by atoms with Crippen molar-refractivity contribution in [2.45, 2.75) is 181 Å². The van der Waals surface area contributed by atoms with Crippen LogP contribution < -0.4 is 0 Å². The summed E-state index contributed by atoms with van der Waals surface area (Å²) in [5, 5.41) is 0. The molecule has 0 saturated carbocycles. The quantitative estimate of drug-likeness (QED) is 0.114. The second-order valence-corrected chi connectivity index (χ2v) is 11.1. The van der Waals surface area contributed by atoms with E-state index in [-0.39, 0.29) is 0 Å². The van der Waals surface area contributed by atoms with Crippen molar-refractivity contribution in [3.8, 4) is 0 Å². The Morgan fingerprint density at radius 1 is 0.382 bits per heavy atom. The third-order valence-electron chi connectivity index (χ3n) is 7.82. The molecular weight excluding hydrogens is 412 g/mol. The molecule has 0 aliphatic carbocycles. The van der Waals surface area contributed by atoms with E-state index in [0.717, 1.165) is 0 Å². The largest absolute Gasteiger partial charge is 0.356 e. The second-order valence-electron chi connectivity index (χ2n) is 11.1. The molecule has 0 amide bonds. The number of unbranched alkanes of at least 4 members (excludes halogenated alkanes) is 20. The summed E-state index contributed by atoms with van der Waals surface area (Å²) < 4.78 is 0. The summed E-state index contributed by atoms with van der Waals surface area (Å²) >= 11 is 0. The minimum Gasteiger partial charge on any atom is -0.356 e. The maximum absolute atomic E-state index is 2.68. The Kier molecular flexibility index (Phi) is 22.2. The molecule has 2 heteroatoms. The summed E-state index contributed by atoms with van der Waals surface area (Å²) in [5.41, 5.74) is 0. The molecule has 1 heterocycles. The van der Waals surface area contributed by atoms with Crippen LogP contribution in [0, 0.1) is 0 Å². The maximum atomic E-state index is 2.68. The van der Waals surface area contributed by atoms with Gasteiger partial charge in [-0.3, -0.25) is 0 Å². The monoisotopic (exact) mass is 477 g/mol. The lowest BCUT2D eigenvalue weighted by Crippen LogP contribution is -2.39. The van der Waals surface area contributed by atoms with E-state index < -0.39 is 0 Å². The molecule has 2 nitrogen and oxygen atoms in total. The van der Waals surface area contributed by atoms with Gasteiger partial charge < -0.3 is 9.80 Å². The highest BCUT2D eigenvalue weighted by molar-refractivity contribution is 4.97. The molecule has 1 unspecified atom stereocenters. The first-order valence-electron chi connectivity index (χ1n) is 16.0. The number of hydrogen-bond donors (Lipinski definition) is 0. The van der Waals surface area contributed by atoms with Crippen molar-refractivity contribution in [2.24, 2.45) is 0 Å². The van der Waals surface area contributed by atoms with Gasteiger partial charge in [-0.2, -0.15) is 0 Å². The van der Waals surface area contributed by atoms with Gasteiger partial charge in [-0.15, -0.1) is 0 Å². The Balaban J connectivity index is 2.09. The molecule has 1 atom stereocenters. The van der Waals surface area contributed by atoms with Gasteiger partial charge in [-0.05, 0) is 25.7 Å². The van der Waals surface area contributed by atoms with E-state index in [0.29, 0.717) is 6.17 Å². The Labute approximate surface area is 216 Å². The molecule has 0 bridgehead atoms. The summed E-state index contributed by atoms with van der Waals surface area (Å²) in [6.07, 6.45) is 39.5. The number of hydrogen-bond acceptors (Lipinski definition) is 2. The Morgan fingerprint density at radius 2 is 0.676 bits per heavy atom. The zero-order valence-corrected chi connectivity index (χ0v) is 24.0. The van der Waals surface area contributed by atoms with Crippen molar-refractivity contribution in [3.05, 3.63) is 12.4 Å². The van der Waals surface area contributed by atoms with Crippen LogP contribution in [0.1, 0.15) is 175 Å². The zero-order chi connectivity index (χ0) is 24.5. The fourth-order valence-corrected chi connectivity index (χ4v) is 5.48. The van der Waals surface area contributed by atoms with Crippen LogP contribution in [0.5, 0.6) is 0 Å². The van der Waals surface area contributed by atoms with Gasteiger partial charge in [0, 0.05) is 25.5 Å². The van der Waals surface area contributed by atoms with Crippen molar-refractivity contribution in [3.63, 3.8) is 0 Å². The first-order chi connectivity index (χ1) is 16.8. The highest BCUT2D eigenvalue weighted by atomic mass is 15.4. The molecule has 0 saturated heterocycles. The second kappa shape index (κ2) is 24.1. The van der Waals surface area contributed by atoms with E-state index in [1.807, 2.05) is 0 Å². The molecule has 0 spiro atoms. The average Bonchev–Trinajstić information content (AvgIpc) is 3.23. The third kappa shape index (κ3) is 16.9. The first kappa shape index (κ1) is 31.4. The van der Waals surface area contributed by atoms with Gasteiger partial charge in [0.1, 0.15) is 6.17 Å². The van der Waals surface area contributed by atoms with Crippen molar-refractivity contribution in [1.82, 2.24) is 9.80 Å². The van der Waals surface area contributed by atoms with Gasteiger partial charge in [0.2, 0.25) is 0 Å². The molecule has 202 valence electrons. The van der Waals surface area contributed by atoms with Gasteiger partial charge in [0.25, 0.3) is 0 Å². The molecule has 0 fully saturated rings. The predicted molar refractivity (Wildman–Crippen MR) is 154 cm³/mol. The van der Waals surface area contributed by atoms with Crippen LogP contribution in [0.4, 0.5) is 0 Å². The topological polar surface area (TPSA) is 6.48 Å². The maximum Gasteiger partial charge on any atom is 0.101 e. The summed E-state index contributed by atoms with van der Waals surface area (Å²) in [5.74, 6) is 0. The fraction of sp³-hybridized carbons (Fsp3) is 0.938. The lowest BCUT2D eigenvalue weighted by atomic mass is 10.0. The van der Waals surface area contributed by atoms with Gasteiger partial charge in [-0.1, -0.05) is 149 Å². The number of rotatable bonds is 26. The number of nitrogens with zero attached hydrogens (tertiary/aromatic N) is 2. The molecule has 1 aliphatic rings. The van der Waals surface area contributed by atoms with Gasteiger partial charge in [-0.25, -0.2) is 0 Å². The summed E-state index contributed by atoms with van der Waals surface area (Å²) in [6.45, 7) is 9.46. The molecular formula is C32H64N2. The lowest BCUT2D eigenvalue weighted by molar-refractivity contribution is 0.135. The van der Waals surface area contributed by atoms with Crippen molar-refractivity contribution in [1.29, 1.82) is 0 Å². The minimum atomic E-state index is 0.644. The molecule has 0 N–H and O–H groups in total. The van der Waals surface area contributed by atoms with Crippen LogP contribution in [0.25, 0.3) is 0 Å². The van der Waals surface area contributed by atoms with E-state index in [4.69, 9.17) is 0 Å². The minimum absolute atomic E-state index is 0.644. The van der Waals surface area contributed by atoms with Gasteiger partial charge in [0.15, 0.2) is 0 Å². The first-order valence-corrected chi connectivity index (χ1v) is 16.0.